The first kappa shape index (κ1) is 14.5. The van der Waals surface area contributed by atoms with Crippen LogP contribution in [0.5, 0.6) is 0 Å². The van der Waals surface area contributed by atoms with E-state index in [1.165, 1.54) is 0 Å². The molecule has 1 amide bonds. The van der Waals surface area contributed by atoms with Gasteiger partial charge in [-0.3, -0.25) is 4.79 Å². The Morgan fingerprint density at radius 2 is 2.00 bits per heavy atom. The monoisotopic (exact) mass is 325 g/mol. The summed E-state index contributed by atoms with van der Waals surface area (Å²) in [5.41, 5.74) is 1.16. The predicted octanol–water partition coefficient (Wildman–Crippen LogP) is 3.44. The van der Waals surface area contributed by atoms with Gasteiger partial charge >= 0.3 is 0 Å². The van der Waals surface area contributed by atoms with E-state index in [2.05, 4.69) is 40.3 Å². The van der Waals surface area contributed by atoms with E-state index >= 15 is 0 Å². The first-order valence-electron chi connectivity index (χ1n) is 6.84. The van der Waals surface area contributed by atoms with E-state index in [9.17, 15) is 4.79 Å². The Hall–Kier alpha value is -0.870. The van der Waals surface area contributed by atoms with E-state index in [0.717, 1.165) is 29.3 Å². The number of benzene rings is 1. The molecule has 4 heteroatoms. The van der Waals surface area contributed by atoms with E-state index in [-0.39, 0.29) is 17.9 Å². The molecule has 1 aromatic carbocycles. The van der Waals surface area contributed by atoms with Crippen LogP contribution >= 0.6 is 15.9 Å². The van der Waals surface area contributed by atoms with E-state index < -0.39 is 0 Å². The van der Waals surface area contributed by atoms with Crippen molar-refractivity contribution in [2.45, 2.75) is 32.2 Å². The van der Waals surface area contributed by atoms with Crippen LogP contribution in [0.1, 0.15) is 37.8 Å². The van der Waals surface area contributed by atoms with Gasteiger partial charge in [-0.25, -0.2) is 0 Å². The molecule has 1 aliphatic rings. The molecule has 1 aromatic rings. The summed E-state index contributed by atoms with van der Waals surface area (Å²) in [4.78, 5) is 12.2. The molecule has 0 bridgehead atoms. The first-order valence-corrected chi connectivity index (χ1v) is 7.63. The van der Waals surface area contributed by atoms with Crippen LogP contribution < -0.4 is 5.32 Å². The number of carbonyl (C=O) groups is 1. The smallest absolute Gasteiger partial charge is 0.223 e. The number of carbonyl (C=O) groups excluding carboxylic acids is 1. The lowest BCUT2D eigenvalue weighted by atomic mass is 9.97. The van der Waals surface area contributed by atoms with Crippen molar-refractivity contribution in [3.8, 4) is 0 Å². The Kier molecular flexibility index (Phi) is 5.40. The van der Waals surface area contributed by atoms with Crippen LogP contribution in [0.25, 0.3) is 0 Å². The minimum absolute atomic E-state index is 0.100. The second-order valence-corrected chi connectivity index (χ2v) is 5.82. The van der Waals surface area contributed by atoms with Crippen LogP contribution in [0, 0.1) is 5.92 Å². The highest BCUT2D eigenvalue weighted by Crippen LogP contribution is 2.21. The zero-order chi connectivity index (χ0) is 13.7. The fraction of sp³-hybridized carbons (Fsp3) is 0.533. The maximum Gasteiger partial charge on any atom is 0.223 e. The summed E-state index contributed by atoms with van der Waals surface area (Å²) in [7, 11) is 0. The number of rotatable bonds is 4. The molecule has 0 spiro atoms. The number of hydrogen-bond acceptors (Lipinski definition) is 2. The number of ether oxygens (including phenoxy) is 1. The van der Waals surface area contributed by atoms with Crippen LogP contribution in [-0.4, -0.2) is 19.1 Å². The van der Waals surface area contributed by atoms with Crippen LogP contribution in [0.2, 0.25) is 0 Å². The second-order valence-electron chi connectivity index (χ2n) is 4.91. The lowest BCUT2D eigenvalue weighted by Crippen LogP contribution is -2.36. The molecule has 0 aliphatic carbocycles. The third kappa shape index (κ3) is 4.05. The topological polar surface area (TPSA) is 38.3 Å². The molecule has 2 rings (SSSR count). The summed E-state index contributed by atoms with van der Waals surface area (Å²) in [5, 5.41) is 3.16. The molecule has 1 aliphatic heterocycles. The molecular formula is C15H20BrNO2. The molecule has 1 saturated heterocycles. The van der Waals surface area contributed by atoms with Gasteiger partial charge in [0.2, 0.25) is 5.91 Å². The molecule has 19 heavy (non-hydrogen) atoms. The molecule has 3 nitrogen and oxygen atoms in total. The fourth-order valence-electron chi connectivity index (χ4n) is 2.37. The molecule has 1 unspecified atom stereocenters. The molecule has 0 radical (unpaired) electrons. The quantitative estimate of drug-likeness (QED) is 0.920. The minimum Gasteiger partial charge on any atom is -0.381 e. The van der Waals surface area contributed by atoms with Gasteiger partial charge in [0.1, 0.15) is 0 Å². The van der Waals surface area contributed by atoms with E-state index in [1.807, 2.05) is 12.1 Å². The van der Waals surface area contributed by atoms with Gasteiger partial charge in [-0.2, -0.15) is 0 Å². The molecule has 104 valence electrons. The highest BCUT2D eigenvalue weighted by molar-refractivity contribution is 9.10. The largest absolute Gasteiger partial charge is 0.381 e. The van der Waals surface area contributed by atoms with E-state index in [0.29, 0.717) is 13.2 Å². The Morgan fingerprint density at radius 3 is 2.58 bits per heavy atom. The number of halogens is 1. The van der Waals surface area contributed by atoms with Crippen molar-refractivity contribution in [1.82, 2.24) is 5.32 Å². The second kappa shape index (κ2) is 7.06. The van der Waals surface area contributed by atoms with Gasteiger partial charge in [0, 0.05) is 23.6 Å². The van der Waals surface area contributed by atoms with Crippen molar-refractivity contribution in [2.24, 2.45) is 5.92 Å². The predicted molar refractivity (Wildman–Crippen MR) is 78.9 cm³/mol. The van der Waals surface area contributed by atoms with Crippen LogP contribution in [0.15, 0.2) is 28.7 Å². The lowest BCUT2D eigenvalue weighted by molar-refractivity contribution is -0.128. The van der Waals surface area contributed by atoms with Gasteiger partial charge in [0.25, 0.3) is 0 Å². The standard InChI is InChI=1S/C15H20BrNO2/c1-2-14(11-3-5-13(16)6-4-11)17-15(18)12-7-9-19-10-8-12/h3-6,12,14H,2,7-10H2,1H3,(H,17,18). The molecule has 0 aromatic heterocycles. The van der Waals surface area contributed by atoms with Crippen molar-refractivity contribution in [2.75, 3.05) is 13.2 Å². The molecule has 1 N–H and O–H groups in total. The van der Waals surface area contributed by atoms with Gasteiger partial charge in [0.15, 0.2) is 0 Å². The van der Waals surface area contributed by atoms with Gasteiger partial charge in [-0.15, -0.1) is 0 Å². The molecule has 1 fully saturated rings. The first-order chi connectivity index (χ1) is 9.20. The SMILES string of the molecule is CCC(NC(=O)C1CCOCC1)c1ccc(Br)cc1. The number of hydrogen-bond donors (Lipinski definition) is 1. The fourth-order valence-corrected chi connectivity index (χ4v) is 2.63. The Morgan fingerprint density at radius 1 is 1.37 bits per heavy atom. The van der Waals surface area contributed by atoms with Crippen molar-refractivity contribution >= 4 is 21.8 Å². The summed E-state index contributed by atoms with van der Waals surface area (Å²) in [6.07, 6.45) is 2.57. The Bertz CT molecular complexity index is 413. The highest BCUT2D eigenvalue weighted by Gasteiger charge is 2.23. The third-order valence-corrected chi connectivity index (χ3v) is 4.12. The van der Waals surface area contributed by atoms with Crippen molar-refractivity contribution in [3.63, 3.8) is 0 Å². The van der Waals surface area contributed by atoms with Crippen molar-refractivity contribution in [1.29, 1.82) is 0 Å². The molecule has 1 heterocycles. The van der Waals surface area contributed by atoms with Gasteiger partial charge in [-0.1, -0.05) is 35.0 Å². The van der Waals surface area contributed by atoms with E-state index in [4.69, 9.17) is 4.74 Å². The van der Waals surface area contributed by atoms with Gasteiger partial charge in [0.05, 0.1) is 6.04 Å². The zero-order valence-corrected chi connectivity index (χ0v) is 12.8. The molecular weight excluding hydrogens is 306 g/mol. The Labute approximate surface area is 122 Å². The number of amides is 1. The van der Waals surface area contributed by atoms with Crippen LogP contribution in [0.3, 0.4) is 0 Å². The Balaban J connectivity index is 1.98. The normalized spacial score (nSPS) is 18.0. The molecule has 0 saturated carbocycles. The summed E-state index contributed by atoms with van der Waals surface area (Å²) in [6.45, 7) is 3.50. The van der Waals surface area contributed by atoms with Crippen LogP contribution in [-0.2, 0) is 9.53 Å². The zero-order valence-electron chi connectivity index (χ0n) is 11.2. The summed E-state index contributed by atoms with van der Waals surface area (Å²) in [5.74, 6) is 0.274. The molecule has 1 atom stereocenters. The van der Waals surface area contributed by atoms with Crippen LogP contribution in [0.4, 0.5) is 0 Å². The maximum atomic E-state index is 12.2. The van der Waals surface area contributed by atoms with Gasteiger partial charge < -0.3 is 10.1 Å². The average Bonchev–Trinajstić information content (AvgIpc) is 2.46. The summed E-state index contributed by atoms with van der Waals surface area (Å²) >= 11 is 3.43. The third-order valence-electron chi connectivity index (χ3n) is 3.59. The average molecular weight is 326 g/mol. The van der Waals surface area contributed by atoms with E-state index in [1.54, 1.807) is 0 Å². The summed E-state index contributed by atoms with van der Waals surface area (Å²) in [6, 6.07) is 8.24. The lowest BCUT2D eigenvalue weighted by Gasteiger charge is -2.25. The maximum absolute atomic E-state index is 12.2. The van der Waals surface area contributed by atoms with Crippen molar-refractivity contribution < 1.29 is 9.53 Å². The van der Waals surface area contributed by atoms with Crippen molar-refractivity contribution in [3.05, 3.63) is 34.3 Å². The highest BCUT2D eigenvalue weighted by atomic mass is 79.9. The van der Waals surface area contributed by atoms with Gasteiger partial charge in [-0.05, 0) is 37.0 Å². The number of nitrogens with one attached hydrogen (secondary N) is 1. The summed E-state index contributed by atoms with van der Waals surface area (Å²) < 4.78 is 6.35. The minimum atomic E-state index is 0.100.